The molecule has 0 saturated heterocycles. The van der Waals surface area contributed by atoms with E-state index in [1.165, 1.54) is 12.8 Å². The Hall–Kier alpha value is -0.610. The van der Waals surface area contributed by atoms with Gasteiger partial charge in [0.1, 0.15) is 5.54 Å². The van der Waals surface area contributed by atoms with Crippen molar-refractivity contribution >= 4 is 5.91 Å². The van der Waals surface area contributed by atoms with Crippen LogP contribution >= 0.6 is 0 Å². The van der Waals surface area contributed by atoms with E-state index in [9.17, 15) is 4.79 Å². The maximum atomic E-state index is 12.2. The summed E-state index contributed by atoms with van der Waals surface area (Å²) in [5.41, 5.74) is 5.32. The van der Waals surface area contributed by atoms with Gasteiger partial charge in [-0.25, -0.2) is 0 Å². The van der Waals surface area contributed by atoms with E-state index in [4.69, 9.17) is 5.73 Å². The molecule has 20 heavy (non-hydrogen) atoms. The summed E-state index contributed by atoms with van der Waals surface area (Å²) in [5, 5.41) is 3.51. The van der Waals surface area contributed by atoms with Gasteiger partial charge < -0.3 is 11.1 Å². The van der Waals surface area contributed by atoms with E-state index in [1.807, 2.05) is 0 Å². The second kappa shape index (κ2) is 6.44. The van der Waals surface area contributed by atoms with Crippen molar-refractivity contribution in [1.29, 1.82) is 0 Å². The van der Waals surface area contributed by atoms with Gasteiger partial charge in [0.2, 0.25) is 5.91 Å². The number of carbonyl (C=O) groups is 1. The van der Waals surface area contributed by atoms with Crippen molar-refractivity contribution in [3.05, 3.63) is 0 Å². The fourth-order valence-electron chi connectivity index (χ4n) is 3.03. The number of primary amides is 1. The minimum atomic E-state index is -0.505. The number of hydrogen-bond donors (Lipinski definition) is 2. The first-order valence-electron chi connectivity index (χ1n) is 8.28. The van der Waals surface area contributed by atoms with Gasteiger partial charge in [-0.1, -0.05) is 6.92 Å². The molecule has 2 aliphatic rings. The topological polar surface area (TPSA) is 58.4 Å². The molecule has 4 heteroatoms. The number of nitrogens with two attached hydrogens (primary N) is 1. The number of carbonyl (C=O) groups excluding carboxylic acids is 1. The molecule has 0 aromatic heterocycles. The summed E-state index contributed by atoms with van der Waals surface area (Å²) in [6.07, 6.45) is 5.99. The van der Waals surface area contributed by atoms with Crippen LogP contribution in [0.5, 0.6) is 0 Å². The SMILES string of the molecule is CCCNC(CN(CC1CC1)C(C)C)(C(N)=O)C1CC1. The zero-order valence-corrected chi connectivity index (χ0v) is 13.3. The Labute approximate surface area is 123 Å². The van der Waals surface area contributed by atoms with Crippen LogP contribution in [0.4, 0.5) is 0 Å². The highest BCUT2D eigenvalue weighted by molar-refractivity contribution is 5.86. The van der Waals surface area contributed by atoms with E-state index in [0.29, 0.717) is 12.0 Å². The van der Waals surface area contributed by atoms with Crippen LogP contribution in [0.3, 0.4) is 0 Å². The number of amides is 1. The molecular weight excluding hydrogens is 250 g/mol. The van der Waals surface area contributed by atoms with Crippen LogP contribution in [-0.2, 0) is 4.79 Å². The predicted octanol–water partition coefficient (Wildman–Crippen LogP) is 1.74. The van der Waals surface area contributed by atoms with Gasteiger partial charge in [-0.05, 0) is 64.3 Å². The molecule has 0 bridgehead atoms. The Kier molecular flexibility index (Phi) is 5.08. The van der Waals surface area contributed by atoms with Crippen molar-refractivity contribution in [1.82, 2.24) is 10.2 Å². The number of hydrogen-bond acceptors (Lipinski definition) is 3. The number of nitrogens with one attached hydrogen (secondary N) is 1. The molecule has 1 atom stereocenters. The van der Waals surface area contributed by atoms with Gasteiger partial charge in [-0.3, -0.25) is 9.69 Å². The first-order valence-corrected chi connectivity index (χ1v) is 8.28. The molecule has 4 nitrogen and oxygen atoms in total. The Morgan fingerprint density at radius 3 is 2.40 bits per heavy atom. The molecule has 2 aliphatic carbocycles. The lowest BCUT2D eigenvalue weighted by Gasteiger charge is -2.39. The van der Waals surface area contributed by atoms with Crippen LogP contribution in [0, 0.1) is 11.8 Å². The molecule has 3 N–H and O–H groups in total. The molecule has 1 unspecified atom stereocenters. The van der Waals surface area contributed by atoms with Crippen molar-refractivity contribution in [3.8, 4) is 0 Å². The van der Waals surface area contributed by atoms with Gasteiger partial charge in [-0.15, -0.1) is 0 Å². The minimum Gasteiger partial charge on any atom is -0.368 e. The van der Waals surface area contributed by atoms with Crippen LogP contribution < -0.4 is 11.1 Å². The third-order valence-corrected chi connectivity index (χ3v) is 4.78. The minimum absolute atomic E-state index is 0.158. The highest BCUT2D eigenvalue weighted by atomic mass is 16.1. The van der Waals surface area contributed by atoms with Gasteiger partial charge in [-0.2, -0.15) is 0 Å². The van der Waals surface area contributed by atoms with Crippen molar-refractivity contribution in [2.24, 2.45) is 17.6 Å². The summed E-state index contributed by atoms with van der Waals surface area (Å²) < 4.78 is 0. The van der Waals surface area contributed by atoms with Gasteiger partial charge >= 0.3 is 0 Å². The monoisotopic (exact) mass is 281 g/mol. The van der Waals surface area contributed by atoms with E-state index >= 15 is 0 Å². The van der Waals surface area contributed by atoms with Crippen LogP contribution in [0.25, 0.3) is 0 Å². The van der Waals surface area contributed by atoms with E-state index in [2.05, 4.69) is 31.0 Å². The van der Waals surface area contributed by atoms with Gasteiger partial charge in [0, 0.05) is 19.1 Å². The Morgan fingerprint density at radius 1 is 1.35 bits per heavy atom. The van der Waals surface area contributed by atoms with Crippen LogP contribution in [-0.4, -0.2) is 42.0 Å². The summed E-state index contributed by atoms with van der Waals surface area (Å²) in [4.78, 5) is 14.7. The molecule has 2 fully saturated rings. The molecule has 0 radical (unpaired) electrons. The third kappa shape index (κ3) is 3.73. The average molecular weight is 281 g/mol. The molecule has 116 valence electrons. The average Bonchev–Trinajstić information content (AvgIpc) is 3.25. The lowest BCUT2D eigenvalue weighted by molar-refractivity contribution is -0.126. The van der Waals surface area contributed by atoms with E-state index in [1.54, 1.807) is 0 Å². The fourth-order valence-corrected chi connectivity index (χ4v) is 3.03. The molecule has 0 aromatic rings. The smallest absolute Gasteiger partial charge is 0.239 e. The van der Waals surface area contributed by atoms with Gasteiger partial charge in [0.15, 0.2) is 0 Å². The standard InChI is InChI=1S/C16H31N3O/c1-4-9-18-16(15(17)20,14-7-8-14)11-19(12(2)3)10-13-5-6-13/h12-14,18H,4-11H2,1-3H3,(H2,17,20). The van der Waals surface area contributed by atoms with Crippen molar-refractivity contribution in [3.63, 3.8) is 0 Å². The summed E-state index contributed by atoms with van der Waals surface area (Å²) in [7, 11) is 0. The van der Waals surface area contributed by atoms with Gasteiger partial charge in [0.25, 0.3) is 0 Å². The molecule has 2 saturated carbocycles. The van der Waals surface area contributed by atoms with Crippen molar-refractivity contribution in [2.75, 3.05) is 19.6 Å². The first-order chi connectivity index (χ1) is 9.49. The lowest BCUT2D eigenvalue weighted by atomic mass is 9.90. The second-order valence-corrected chi connectivity index (χ2v) is 7.00. The van der Waals surface area contributed by atoms with Crippen molar-refractivity contribution < 1.29 is 4.79 Å². The molecular formula is C16H31N3O. The molecule has 0 aromatic carbocycles. The van der Waals surface area contributed by atoms with E-state index in [-0.39, 0.29) is 5.91 Å². The lowest BCUT2D eigenvalue weighted by Crippen LogP contribution is -2.64. The fraction of sp³-hybridized carbons (Fsp3) is 0.938. The quantitative estimate of drug-likeness (QED) is 0.641. The zero-order valence-electron chi connectivity index (χ0n) is 13.3. The largest absolute Gasteiger partial charge is 0.368 e. The Balaban J connectivity index is 2.08. The van der Waals surface area contributed by atoms with Crippen LogP contribution in [0.2, 0.25) is 0 Å². The molecule has 0 heterocycles. The van der Waals surface area contributed by atoms with E-state index in [0.717, 1.165) is 44.8 Å². The van der Waals surface area contributed by atoms with E-state index < -0.39 is 5.54 Å². The number of nitrogens with zero attached hydrogens (tertiary/aromatic N) is 1. The summed E-state index contributed by atoms with van der Waals surface area (Å²) in [6, 6.07) is 0.469. The molecule has 2 rings (SSSR count). The molecule has 1 amide bonds. The Morgan fingerprint density at radius 2 is 2.00 bits per heavy atom. The maximum Gasteiger partial charge on any atom is 0.239 e. The maximum absolute atomic E-state index is 12.2. The molecule has 0 aliphatic heterocycles. The molecule has 0 spiro atoms. The summed E-state index contributed by atoms with van der Waals surface area (Å²) in [6.45, 7) is 9.35. The van der Waals surface area contributed by atoms with Crippen LogP contribution in [0.1, 0.15) is 52.9 Å². The summed E-state index contributed by atoms with van der Waals surface area (Å²) in [5.74, 6) is 1.12. The Bertz CT molecular complexity index is 337. The van der Waals surface area contributed by atoms with Crippen LogP contribution in [0.15, 0.2) is 0 Å². The zero-order chi connectivity index (χ0) is 14.8. The third-order valence-electron chi connectivity index (χ3n) is 4.78. The second-order valence-electron chi connectivity index (χ2n) is 7.00. The highest BCUT2D eigenvalue weighted by Crippen LogP contribution is 2.41. The summed E-state index contributed by atoms with van der Waals surface area (Å²) >= 11 is 0. The first kappa shape index (κ1) is 15.8. The number of rotatable bonds is 10. The highest BCUT2D eigenvalue weighted by Gasteiger charge is 2.50. The van der Waals surface area contributed by atoms with Gasteiger partial charge in [0.05, 0.1) is 0 Å². The van der Waals surface area contributed by atoms with Crippen molar-refractivity contribution in [2.45, 2.75) is 64.5 Å². The predicted molar refractivity (Wildman–Crippen MR) is 82.4 cm³/mol. The normalized spacial score (nSPS) is 22.2.